The number of fused-ring (bicyclic) bond motifs is 1. The van der Waals surface area contributed by atoms with Crippen LogP contribution in [0.25, 0.3) is 0 Å². The summed E-state index contributed by atoms with van der Waals surface area (Å²) in [6, 6.07) is 5.97. The predicted octanol–water partition coefficient (Wildman–Crippen LogP) is 3.37. The van der Waals surface area contributed by atoms with Gasteiger partial charge < -0.3 is 24.4 Å². The number of anilines is 1. The van der Waals surface area contributed by atoms with Gasteiger partial charge in [-0.1, -0.05) is 39.9 Å². The zero-order valence-corrected chi connectivity index (χ0v) is 27.7. The average Bonchev–Trinajstić information content (AvgIpc) is 3.44. The number of aromatic nitrogens is 2. The number of carbonyl (C=O) groups excluding carboxylic acids is 4. The van der Waals surface area contributed by atoms with Crippen molar-refractivity contribution in [1.82, 2.24) is 19.6 Å². The third-order valence-corrected chi connectivity index (χ3v) is 8.77. The maximum Gasteiger partial charge on any atom is 0.414 e. The van der Waals surface area contributed by atoms with Crippen LogP contribution in [0.2, 0.25) is 0 Å². The number of hydrogen-bond donors (Lipinski definition) is 2. The lowest BCUT2D eigenvalue weighted by molar-refractivity contribution is -0.153. The molecule has 0 bridgehead atoms. The van der Waals surface area contributed by atoms with Gasteiger partial charge in [0.05, 0.1) is 7.11 Å². The number of methoxy groups -OCH3 is 1. The summed E-state index contributed by atoms with van der Waals surface area (Å²) < 4.78 is 33.1. The largest absolute Gasteiger partial charge is 0.497 e. The molecule has 14 nitrogen and oxygen atoms in total. The summed E-state index contributed by atoms with van der Waals surface area (Å²) in [5.74, 6) is -1.32. The standard InChI is InChI=1S/C26H28FIN6O8S2/c1-26(2,3)42-25(38)31-24-30-19(33-44-24)16(32-41-12-27)20(35)29-17-21(36)34-18(14(9-28)11-43-22(17)34)23(37)40-10-13-5-7-15(39-4)8-6-13/h5-8,17,22H,9-12H2,1-4H3,(H,29,35)(H,30,31,33,38)/b32-16-. The number of nitrogens with one attached hydrogen (secondary N) is 2. The first-order valence-electron chi connectivity index (χ1n) is 12.9. The molecule has 44 heavy (non-hydrogen) atoms. The normalized spacial score (nSPS) is 18.2. The fraction of sp³-hybridized carbons (Fsp3) is 0.423. The van der Waals surface area contributed by atoms with Crippen molar-refractivity contribution in [3.63, 3.8) is 0 Å². The highest BCUT2D eigenvalue weighted by molar-refractivity contribution is 14.1. The minimum atomic E-state index is -1.34. The fourth-order valence-electron chi connectivity index (χ4n) is 3.96. The lowest BCUT2D eigenvalue weighted by Crippen LogP contribution is -2.71. The van der Waals surface area contributed by atoms with Crippen LogP contribution in [0.1, 0.15) is 32.2 Å². The molecule has 3 heterocycles. The quantitative estimate of drug-likeness (QED) is 0.0860. The van der Waals surface area contributed by atoms with Crippen molar-refractivity contribution in [1.29, 1.82) is 0 Å². The number of β-lactam (4-membered cyclic amide) rings is 1. The average molecular weight is 763 g/mol. The van der Waals surface area contributed by atoms with Crippen LogP contribution in [0.15, 0.2) is 40.7 Å². The zero-order valence-electron chi connectivity index (χ0n) is 23.9. The van der Waals surface area contributed by atoms with Gasteiger partial charge in [0.1, 0.15) is 35.1 Å². The van der Waals surface area contributed by atoms with Gasteiger partial charge in [-0.2, -0.15) is 9.36 Å². The highest BCUT2D eigenvalue weighted by atomic mass is 127. The number of ether oxygens (including phenoxy) is 3. The van der Waals surface area contributed by atoms with Gasteiger partial charge >= 0.3 is 12.1 Å². The molecule has 0 radical (unpaired) electrons. The molecule has 0 spiro atoms. The first-order valence-corrected chi connectivity index (χ1v) is 16.2. The number of thioether (sulfide) groups is 1. The molecule has 236 valence electrons. The number of rotatable bonds is 11. The Hall–Kier alpha value is -3.52. The molecular weight excluding hydrogens is 734 g/mol. The molecule has 18 heteroatoms. The van der Waals surface area contributed by atoms with E-state index in [0.717, 1.165) is 22.7 Å². The third kappa shape index (κ3) is 7.95. The Morgan fingerprint density at radius 3 is 2.59 bits per heavy atom. The molecule has 1 saturated heterocycles. The molecule has 2 unspecified atom stereocenters. The van der Waals surface area contributed by atoms with E-state index in [1.165, 1.54) is 16.7 Å². The number of nitrogens with zero attached hydrogens (tertiary/aromatic N) is 4. The predicted molar refractivity (Wildman–Crippen MR) is 167 cm³/mol. The first-order chi connectivity index (χ1) is 20.9. The molecule has 1 aromatic carbocycles. The molecule has 0 aliphatic carbocycles. The molecule has 2 aliphatic heterocycles. The van der Waals surface area contributed by atoms with Crippen LogP contribution in [-0.4, -0.2) is 85.0 Å². The van der Waals surface area contributed by atoms with Crippen molar-refractivity contribution in [3.05, 3.63) is 46.9 Å². The van der Waals surface area contributed by atoms with E-state index in [1.807, 2.05) is 0 Å². The smallest absolute Gasteiger partial charge is 0.414 e. The van der Waals surface area contributed by atoms with Crippen molar-refractivity contribution < 1.29 is 42.6 Å². The van der Waals surface area contributed by atoms with Gasteiger partial charge in [-0.3, -0.25) is 19.8 Å². The maximum absolute atomic E-state index is 13.3. The van der Waals surface area contributed by atoms with E-state index in [1.54, 1.807) is 52.1 Å². The van der Waals surface area contributed by atoms with Crippen LogP contribution in [-0.2, 0) is 35.3 Å². The van der Waals surface area contributed by atoms with Gasteiger partial charge in [0, 0.05) is 21.7 Å². The summed E-state index contributed by atoms with van der Waals surface area (Å²) in [5.41, 5.74) is 0.311. The molecule has 3 amide bonds. The van der Waals surface area contributed by atoms with E-state index < -0.39 is 53.5 Å². The molecule has 1 aromatic heterocycles. The second-order valence-electron chi connectivity index (χ2n) is 10.1. The number of amides is 3. The number of benzene rings is 1. The minimum Gasteiger partial charge on any atom is -0.497 e. The maximum atomic E-state index is 13.3. The Morgan fingerprint density at radius 2 is 1.95 bits per heavy atom. The molecule has 2 aromatic rings. The van der Waals surface area contributed by atoms with E-state index in [0.29, 0.717) is 15.9 Å². The number of alkyl halides is 2. The molecule has 0 saturated carbocycles. The zero-order chi connectivity index (χ0) is 32.0. The van der Waals surface area contributed by atoms with Gasteiger partial charge in [-0.05, 0) is 44.0 Å². The number of esters is 1. The molecule has 2 N–H and O–H groups in total. The van der Waals surface area contributed by atoms with E-state index in [9.17, 15) is 23.6 Å². The summed E-state index contributed by atoms with van der Waals surface area (Å²) in [5, 5.41) is 7.80. The van der Waals surface area contributed by atoms with Gasteiger partial charge in [0.15, 0.2) is 0 Å². The Balaban J connectivity index is 1.44. The third-order valence-electron chi connectivity index (χ3n) is 5.88. The molecular formula is C26H28FIN6O8S2. The first kappa shape index (κ1) is 33.4. The SMILES string of the molecule is COc1ccc(COC(=O)C2=C(CI)CSC3C(NC(=O)/C(=N\OCF)c4nsc(NC(=O)OC(C)(C)C)n4)C(=O)N23)cc1. The summed E-state index contributed by atoms with van der Waals surface area (Å²) >= 11 is 4.20. The molecule has 4 rings (SSSR count). The second kappa shape index (κ2) is 14.5. The molecule has 2 atom stereocenters. The topological polar surface area (TPSA) is 171 Å². The Morgan fingerprint density at radius 1 is 1.23 bits per heavy atom. The van der Waals surface area contributed by atoms with Crippen LogP contribution in [0, 0.1) is 0 Å². The monoisotopic (exact) mass is 762 g/mol. The minimum absolute atomic E-state index is 0.0132. The highest BCUT2D eigenvalue weighted by Gasteiger charge is 2.54. The van der Waals surface area contributed by atoms with Crippen LogP contribution in [0.3, 0.4) is 0 Å². The molecule has 2 aliphatic rings. The van der Waals surface area contributed by atoms with Crippen molar-refractivity contribution in [3.8, 4) is 5.75 Å². The summed E-state index contributed by atoms with van der Waals surface area (Å²) in [4.78, 5) is 61.5. The van der Waals surface area contributed by atoms with Crippen LogP contribution in [0.4, 0.5) is 14.3 Å². The fourth-order valence-corrected chi connectivity index (χ4v) is 6.86. The van der Waals surface area contributed by atoms with Crippen molar-refractivity contribution in [2.75, 3.05) is 29.5 Å². The second-order valence-corrected chi connectivity index (χ2v) is 12.7. The Kier molecular flexibility index (Phi) is 11.0. The van der Waals surface area contributed by atoms with Crippen molar-refractivity contribution in [2.24, 2.45) is 5.16 Å². The summed E-state index contributed by atoms with van der Waals surface area (Å²) in [6.07, 6.45) is -0.796. The number of oxime groups is 1. The van der Waals surface area contributed by atoms with Gasteiger partial charge in [-0.25, -0.2) is 14.0 Å². The molecule has 1 fully saturated rings. The number of carbonyl (C=O) groups is 4. The van der Waals surface area contributed by atoms with Crippen LogP contribution in [0.5, 0.6) is 5.75 Å². The Labute approximate surface area is 273 Å². The van der Waals surface area contributed by atoms with Gasteiger partial charge in [0.2, 0.25) is 16.7 Å². The van der Waals surface area contributed by atoms with E-state index in [2.05, 4.69) is 52.6 Å². The number of halogens is 2. The van der Waals surface area contributed by atoms with Crippen molar-refractivity contribution >= 4 is 80.6 Å². The summed E-state index contributed by atoms with van der Waals surface area (Å²) in [7, 11) is 1.55. The van der Waals surface area contributed by atoms with E-state index >= 15 is 0 Å². The van der Waals surface area contributed by atoms with Crippen LogP contribution >= 0.6 is 45.9 Å². The highest BCUT2D eigenvalue weighted by Crippen LogP contribution is 2.41. The van der Waals surface area contributed by atoms with Crippen molar-refractivity contribution in [2.45, 2.75) is 44.4 Å². The Bertz CT molecular complexity index is 1480. The number of hydrogen-bond acceptors (Lipinski definition) is 13. The lowest BCUT2D eigenvalue weighted by Gasteiger charge is -2.49. The van der Waals surface area contributed by atoms with Gasteiger partial charge in [-0.15, -0.1) is 11.8 Å². The lowest BCUT2D eigenvalue weighted by atomic mass is 10.0. The summed E-state index contributed by atoms with van der Waals surface area (Å²) in [6.45, 7) is 3.69. The van der Waals surface area contributed by atoms with Crippen LogP contribution < -0.4 is 15.4 Å². The van der Waals surface area contributed by atoms with E-state index in [4.69, 9.17) is 14.2 Å². The van der Waals surface area contributed by atoms with Gasteiger partial charge in [0.25, 0.3) is 18.7 Å². The van der Waals surface area contributed by atoms with E-state index in [-0.39, 0.29) is 23.3 Å².